The Morgan fingerprint density at radius 1 is 1.12 bits per heavy atom. The number of non-ortho nitro benzene ring substituents is 1. The predicted octanol–water partition coefficient (Wildman–Crippen LogP) is 5.50. The van der Waals surface area contributed by atoms with E-state index in [-0.39, 0.29) is 5.69 Å². The summed E-state index contributed by atoms with van der Waals surface area (Å²) in [6.07, 6.45) is 5.83. The highest BCUT2D eigenvalue weighted by Gasteiger charge is 2.15. The van der Waals surface area contributed by atoms with Gasteiger partial charge in [-0.3, -0.25) is 15.1 Å². The summed E-state index contributed by atoms with van der Waals surface area (Å²) in [5.74, 6) is 0. The molecule has 8 heteroatoms. The molecule has 0 radical (unpaired) electrons. The van der Waals surface area contributed by atoms with Gasteiger partial charge in [-0.25, -0.2) is 4.68 Å². The normalized spacial score (nSPS) is 15.5. The van der Waals surface area contributed by atoms with Crippen LogP contribution in [-0.4, -0.2) is 21.4 Å². The van der Waals surface area contributed by atoms with Crippen molar-refractivity contribution in [2.24, 2.45) is 10.1 Å². The first-order chi connectivity index (χ1) is 15.5. The number of hydrogen-bond donors (Lipinski definition) is 0. The maximum atomic E-state index is 11.0. The van der Waals surface area contributed by atoms with Crippen LogP contribution < -0.4 is 4.80 Å². The molecule has 0 amide bonds. The van der Waals surface area contributed by atoms with Gasteiger partial charge in [0.1, 0.15) is 0 Å². The molecule has 1 fully saturated rings. The Bertz CT molecular complexity index is 1240. The number of nitro benzene ring substituents is 1. The number of nitrogens with zero attached hydrogens (tertiary/aromatic N) is 5. The van der Waals surface area contributed by atoms with E-state index in [0.717, 1.165) is 40.2 Å². The molecular formula is C24H23N5O2S. The van der Waals surface area contributed by atoms with Gasteiger partial charge in [-0.05, 0) is 49.6 Å². The van der Waals surface area contributed by atoms with Crippen LogP contribution in [0, 0.1) is 21.4 Å². The lowest BCUT2D eigenvalue weighted by Gasteiger charge is -2.17. The van der Waals surface area contributed by atoms with Gasteiger partial charge in [0.15, 0.2) is 0 Å². The summed E-state index contributed by atoms with van der Waals surface area (Å²) >= 11 is 1.53. The highest BCUT2D eigenvalue weighted by Crippen LogP contribution is 2.25. The van der Waals surface area contributed by atoms with E-state index in [1.54, 1.807) is 24.3 Å². The van der Waals surface area contributed by atoms with E-state index in [1.165, 1.54) is 42.7 Å². The van der Waals surface area contributed by atoms with Gasteiger partial charge in [0.2, 0.25) is 4.80 Å². The Balaban J connectivity index is 1.79. The fourth-order valence-electron chi connectivity index (χ4n) is 3.80. The van der Waals surface area contributed by atoms with E-state index in [4.69, 9.17) is 15.4 Å². The Morgan fingerprint density at radius 3 is 2.44 bits per heavy atom. The first-order valence-corrected chi connectivity index (χ1v) is 11.5. The Hall–Kier alpha value is -3.57. The molecule has 32 heavy (non-hydrogen) atoms. The molecule has 1 aromatic heterocycles. The Kier molecular flexibility index (Phi) is 6.57. The molecule has 0 saturated heterocycles. The van der Waals surface area contributed by atoms with Gasteiger partial charge in [-0.15, -0.1) is 11.3 Å². The molecule has 0 aliphatic heterocycles. The second-order valence-corrected chi connectivity index (χ2v) is 8.65. The zero-order valence-electron chi connectivity index (χ0n) is 17.8. The highest BCUT2D eigenvalue weighted by atomic mass is 32.1. The van der Waals surface area contributed by atoms with Crippen molar-refractivity contribution in [1.29, 1.82) is 5.26 Å². The van der Waals surface area contributed by atoms with E-state index in [0.29, 0.717) is 11.6 Å². The molecule has 0 bridgehead atoms. The molecule has 1 heterocycles. The molecule has 1 aliphatic rings. The second-order valence-electron chi connectivity index (χ2n) is 7.81. The molecule has 0 N–H and O–H groups in total. The SMILES string of the molecule is C/C(=N/n1c(-c2ccc([N+](=O)[O-])cc2)csc1=NC1CCCCC1)c1ccc(C#N)cc1. The van der Waals surface area contributed by atoms with E-state index in [1.807, 2.05) is 29.1 Å². The molecule has 7 nitrogen and oxygen atoms in total. The first-order valence-electron chi connectivity index (χ1n) is 10.6. The zero-order valence-corrected chi connectivity index (χ0v) is 18.6. The summed E-state index contributed by atoms with van der Waals surface area (Å²) in [5, 5.41) is 27.0. The van der Waals surface area contributed by atoms with Gasteiger partial charge in [0.05, 0.1) is 34.0 Å². The number of nitriles is 1. The monoisotopic (exact) mass is 445 g/mol. The smallest absolute Gasteiger partial charge is 0.258 e. The summed E-state index contributed by atoms with van der Waals surface area (Å²) in [4.78, 5) is 16.5. The number of rotatable bonds is 5. The minimum atomic E-state index is -0.400. The van der Waals surface area contributed by atoms with Crippen LogP contribution in [0.15, 0.2) is 64.0 Å². The summed E-state index contributed by atoms with van der Waals surface area (Å²) in [6.45, 7) is 1.93. The van der Waals surface area contributed by atoms with Crippen LogP contribution in [-0.2, 0) is 0 Å². The predicted molar refractivity (Wildman–Crippen MR) is 126 cm³/mol. The lowest BCUT2D eigenvalue weighted by Crippen LogP contribution is -2.19. The van der Waals surface area contributed by atoms with Gasteiger partial charge < -0.3 is 0 Å². The second kappa shape index (κ2) is 9.71. The fourth-order valence-corrected chi connectivity index (χ4v) is 4.70. The molecule has 1 aliphatic carbocycles. The van der Waals surface area contributed by atoms with Crippen molar-refractivity contribution in [3.8, 4) is 17.3 Å². The lowest BCUT2D eigenvalue weighted by atomic mass is 9.96. The molecule has 0 spiro atoms. The van der Waals surface area contributed by atoms with Crippen molar-refractivity contribution in [2.45, 2.75) is 45.1 Å². The van der Waals surface area contributed by atoms with Crippen LogP contribution in [0.5, 0.6) is 0 Å². The molecular weight excluding hydrogens is 422 g/mol. The maximum absolute atomic E-state index is 11.0. The summed E-state index contributed by atoms with van der Waals surface area (Å²) in [6, 6.07) is 16.2. The molecule has 162 valence electrons. The third kappa shape index (κ3) is 4.84. The summed E-state index contributed by atoms with van der Waals surface area (Å²) in [5.41, 5.74) is 4.05. The molecule has 2 aromatic carbocycles. The minimum Gasteiger partial charge on any atom is -0.258 e. The number of nitro groups is 1. The maximum Gasteiger partial charge on any atom is 0.269 e. The van der Waals surface area contributed by atoms with Crippen LogP contribution >= 0.6 is 11.3 Å². The molecule has 4 rings (SSSR count). The van der Waals surface area contributed by atoms with Crippen LogP contribution in [0.2, 0.25) is 0 Å². The van der Waals surface area contributed by atoms with Gasteiger partial charge in [0.25, 0.3) is 5.69 Å². The third-order valence-electron chi connectivity index (χ3n) is 5.61. The fraction of sp³-hybridized carbons (Fsp3) is 0.292. The highest BCUT2D eigenvalue weighted by molar-refractivity contribution is 7.07. The van der Waals surface area contributed by atoms with E-state index in [9.17, 15) is 10.1 Å². The standard InChI is InChI=1S/C24H23N5O2S/c1-17(19-9-7-18(15-25)8-10-19)27-28-23(20-11-13-22(14-12-20)29(30)31)16-32-24(28)26-21-5-3-2-4-6-21/h7-14,16,21H,2-6H2,1H3/b26-24?,27-17-. The van der Waals surface area contributed by atoms with Crippen LogP contribution in [0.4, 0.5) is 5.69 Å². The largest absolute Gasteiger partial charge is 0.269 e. The molecule has 0 atom stereocenters. The topological polar surface area (TPSA) is 96.6 Å². The van der Waals surface area contributed by atoms with Crippen molar-refractivity contribution in [1.82, 2.24) is 4.68 Å². The lowest BCUT2D eigenvalue weighted by molar-refractivity contribution is -0.384. The van der Waals surface area contributed by atoms with Crippen LogP contribution in [0.3, 0.4) is 0 Å². The number of benzene rings is 2. The summed E-state index contributed by atoms with van der Waals surface area (Å²) in [7, 11) is 0. The quantitative estimate of drug-likeness (QED) is 0.294. The van der Waals surface area contributed by atoms with Crippen molar-refractivity contribution >= 4 is 22.7 Å². The van der Waals surface area contributed by atoms with E-state index >= 15 is 0 Å². The Labute approximate surface area is 190 Å². The van der Waals surface area contributed by atoms with E-state index in [2.05, 4.69) is 6.07 Å². The van der Waals surface area contributed by atoms with Crippen LogP contribution in [0.1, 0.15) is 50.2 Å². The number of thiazole rings is 1. The molecule has 3 aromatic rings. The van der Waals surface area contributed by atoms with Crippen molar-refractivity contribution in [3.63, 3.8) is 0 Å². The van der Waals surface area contributed by atoms with Gasteiger partial charge in [-0.1, -0.05) is 31.4 Å². The number of aromatic nitrogens is 1. The zero-order chi connectivity index (χ0) is 22.5. The van der Waals surface area contributed by atoms with Crippen molar-refractivity contribution < 1.29 is 4.92 Å². The third-order valence-corrected chi connectivity index (χ3v) is 6.44. The average Bonchev–Trinajstić information content (AvgIpc) is 3.21. The van der Waals surface area contributed by atoms with Crippen molar-refractivity contribution in [2.75, 3.05) is 0 Å². The van der Waals surface area contributed by atoms with Crippen molar-refractivity contribution in [3.05, 3.63) is 80.0 Å². The molecule has 0 unspecified atom stereocenters. The van der Waals surface area contributed by atoms with E-state index < -0.39 is 4.92 Å². The number of hydrogen-bond acceptors (Lipinski definition) is 6. The van der Waals surface area contributed by atoms with Gasteiger partial charge >= 0.3 is 0 Å². The first kappa shape index (κ1) is 21.7. The van der Waals surface area contributed by atoms with Gasteiger partial charge in [0, 0.05) is 23.1 Å². The van der Waals surface area contributed by atoms with Crippen LogP contribution in [0.25, 0.3) is 11.3 Å². The van der Waals surface area contributed by atoms with Gasteiger partial charge in [-0.2, -0.15) is 10.4 Å². The molecule has 1 saturated carbocycles. The average molecular weight is 446 g/mol. The Morgan fingerprint density at radius 2 is 1.81 bits per heavy atom. The minimum absolute atomic E-state index is 0.0555. The summed E-state index contributed by atoms with van der Waals surface area (Å²) < 4.78 is 1.84.